The number of pyridine rings is 1. The van der Waals surface area contributed by atoms with Gasteiger partial charge in [-0.15, -0.1) is 0 Å². The maximum absolute atomic E-state index is 12.7. The fourth-order valence-electron chi connectivity index (χ4n) is 3.62. The number of para-hydroxylation sites is 1. The second-order valence-electron chi connectivity index (χ2n) is 7.05. The summed E-state index contributed by atoms with van der Waals surface area (Å²) in [6, 6.07) is 17.4. The van der Waals surface area contributed by atoms with Crippen LogP contribution < -0.4 is 10.6 Å². The standard InChI is InChI=1S/C22H23N3O2/c1-14-11-18(17-7-2-3-8-19(17)24-14)15-5-4-6-16(12-15)22(27)25-20-13-23-10-9-21(20)26/h2-8,11-12,20-21,23,26H,9-10,13H2,1H3,(H,25,27)/t20-,21-/m1/s1. The zero-order chi connectivity index (χ0) is 18.8. The molecule has 5 heteroatoms. The van der Waals surface area contributed by atoms with E-state index < -0.39 is 6.10 Å². The van der Waals surface area contributed by atoms with Gasteiger partial charge in [-0.05, 0) is 55.3 Å². The molecule has 138 valence electrons. The highest BCUT2D eigenvalue weighted by atomic mass is 16.3. The molecule has 1 aliphatic heterocycles. The van der Waals surface area contributed by atoms with E-state index in [2.05, 4.69) is 15.6 Å². The fraction of sp³-hybridized carbons (Fsp3) is 0.273. The van der Waals surface area contributed by atoms with Crippen molar-refractivity contribution in [2.75, 3.05) is 13.1 Å². The number of benzene rings is 2. The molecule has 0 bridgehead atoms. The molecule has 2 aromatic carbocycles. The van der Waals surface area contributed by atoms with Crippen molar-refractivity contribution in [2.45, 2.75) is 25.5 Å². The van der Waals surface area contributed by atoms with Crippen LogP contribution in [0, 0.1) is 6.92 Å². The first-order chi connectivity index (χ1) is 13.1. The van der Waals surface area contributed by atoms with Crippen molar-refractivity contribution in [1.82, 2.24) is 15.6 Å². The lowest BCUT2D eigenvalue weighted by atomic mass is 9.98. The molecule has 5 nitrogen and oxygen atoms in total. The van der Waals surface area contributed by atoms with E-state index in [9.17, 15) is 9.90 Å². The van der Waals surface area contributed by atoms with Gasteiger partial charge in [-0.25, -0.2) is 0 Å². The maximum atomic E-state index is 12.7. The van der Waals surface area contributed by atoms with Gasteiger partial charge in [0.05, 0.1) is 17.7 Å². The van der Waals surface area contributed by atoms with Crippen molar-refractivity contribution in [3.63, 3.8) is 0 Å². The molecule has 1 amide bonds. The molecular weight excluding hydrogens is 338 g/mol. The lowest BCUT2D eigenvalue weighted by molar-refractivity contribution is 0.0755. The summed E-state index contributed by atoms with van der Waals surface area (Å²) in [7, 11) is 0. The summed E-state index contributed by atoms with van der Waals surface area (Å²) in [5.74, 6) is -0.167. The second-order valence-corrected chi connectivity index (χ2v) is 7.05. The lowest BCUT2D eigenvalue weighted by Gasteiger charge is -2.29. The van der Waals surface area contributed by atoms with Gasteiger partial charge in [0.25, 0.3) is 5.91 Å². The highest BCUT2D eigenvalue weighted by Gasteiger charge is 2.24. The minimum atomic E-state index is -0.509. The first-order valence-electron chi connectivity index (χ1n) is 9.28. The van der Waals surface area contributed by atoms with E-state index in [4.69, 9.17) is 0 Å². The number of rotatable bonds is 3. The van der Waals surface area contributed by atoms with Crippen LogP contribution in [-0.2, 0) is 0 Å². The van der Waals surface area contributed by atoms with Crippen molar-refractivity contribution >= 4 is 16.8 Å². The number of aliphatic hydroxyl groups is 1. The van der Waals surface area contributed by atoms with Crippen LogP contribution in [-0.4, -0.2) is 41.2 Å². The smallest absolute Gasteiger partial charge is 0.251 e. The summed E-state index contributed by atoms with van der Waals surface area (Å²) < 4.78 is 0. The molecule has 4 rings (SSSR count). The maximum Gasteiger partial charge on any atom is 0.251 e. The summed E-state index contributed by atoms with van der Waals surface area (Å²) in [5.41, 5.74) is 4.51. The Balaban J connectivity index is 1.66. The molecule has 0 aliphatic carbocycles. The Hall–Kier alpha value is -2.76. The average molecular weight is 361 g/mol. The summed E-state index contributed by atoms with van der Waals surface area (Å²) in [5, 5.41) is 17.3. The Labute approximate surface area is 158 Å². The number of aromatic nitrogens is 1. The Morgan fingerprint density at radius 3 is 2.89 bits per heavy atom. The molecule has 0 unspecified atom stereocenters. The molecular formula is C22H23N3O2. The van der Waals surface area contributed by atoms with Gasteiger partial charge in [0.15, 0.2) is 0 Å². The van der Waals surface area contributed by atoms with Gasteiger partial charge in [0, 0.05) is 23.2 Å². The third-order valence-electron chi connectivity index (χ3n) is 5.04. The molecule has 0 spiro atoms. The number of carbonyl (C=O) groups is 1. The number of aryl methyl sites for hydroxylation is 1. The van der Waals surface area contributed by atoms with E-state index >= 15 is 0 Å². The zero-order valence-corrected chi connectivity index (χ0v) is 15.3. The molecule has 1 fully saturated rings. The van der Waals surface area contributed by atoms with Gasteiger partial charge in [0.2, 0.25) is 0 Å². The predicted octanol–water partition coefficient (Wildman–Crippen LogP) is 2.66. The number of hydrogen-bond acceptors (Lipinski definition) is 4. The van der Waals surface area contributed by atoms with Gasteiger partial charge >= 0.3 is 0 Å². The van der Waals surface area contributed by atoms with Crippen LogP contribution in [0.25, 0.3) is 22.0 Å². The van der Waals surface area contributed by atoms with E-state index in [1.165, 1.54) is 0 Å². The van der Waals surface area contributed by atoms with Crippen molar-refractivity contribution in [1.29, 1.82) is 0 Å². The summed E-state index contributed by atoms with van der Waals surface area (Å²) in [4.78, 5) is 17.3. The molecule has 1 aromatic heterocycles. The number of fused-ring (bicyclic) bond motifs is 1. The highest BCUT2D eigenvalue weighted by Crippen LogP contribution is 2.29. The molecule has 1 saturated heterocycles. The number of nitrogens with one attached hydrogen (secondary N) is 2. The van der Waals surface area contributed by atoms with Crippen LogP contribution in [0.5, 0.6) is 0 Å². The lowest BCUT2D eigenvalue weighted by Crippen LogP contribution is -2.53. The van der Waals surface area contributed by atoms with Crippen LogP contribution in [0.2, 0.25) is 0 Å². The Morgan fingerprint density at radius 2 is 2.04 bits per heavy atom. The van der Waals surface area contributed by atoms with Crippen molar-refractivity contribution in [2.24, 2.45) is 0 Å². The van der Waals surface area contributed by atoms with Crippen LogP contribution >= 0.6 is 0 Å². The van der Waals surface area contributed by atoms with Gasteiger partial charge in [-0.3, -0.25) is 9.78 Å². The number of carbonyl (C=O) groups excluding carboxylic acids is 1. The topological polar surface area (TPSA) is 74.2 Å². The second kappa shape index (κ2) is 7.47. The van der Waals surface area contributed by atoms with Gasteiger partial charge in [0.1, 0.15) is 0 Å². The average Bonchev–Trinajstić information content (AvgIpc) is 2.69. The van der Waals surface area contributed by atoms with Gasteiger partial charge in [-0.2, -0.15) is 0 Å². The quantitative estimate of drug-likeness (QED) is 0.671. The monoisotopic (exact) mass is 361 g/mol. The third kappa shape index (κ3) is 3.70. The highest BCUT2D eigenvalue weighted by molar-refractivity contribution is 5.99. The van der Waals surface area contributed by atoms with E-state index in [0.29, 0.717) is 18.5 Å². The summed E-state index contributed by atoms with van der Waals surface area (Å²) in [6.07, 6.45) is 0.137. The first kappa shape index (κ1) is 17.6. The Morgan fingerprint density at radius 1 is 1.19 bits per heavy atom. The van der Waals surface area contributed by atoms with E-state index in [-0.39, 0.29) is 11.9 Å². The third-order valence-corrected chi connectivity index (χ3v) is 5.04. The molecule has 2 heterocycles. The zero-order valence-electron chi connectivity index (χ0n) is 15.3. The predicted molar refractivity (Wildman–Crippen MR) is 107 cm³/mol. The number of piperidine rings is 1. The Kier molecular flexibility index (Phi) is 4.88. The number of amides is 1. The van der Waals surface area contributed by atoms with Crippen LogP contribution in [0.4, 0.5) is 0 Å². The number of aliphatic hydroxyl groups excluding tert-OH is 1. The molecule has 3 aromatic rings. The van der Waals surface area contributed by atoms with Crippen molar-refractivity contribution in [3.05, 3.63) is 65.9 Å². The Bertz CT molecular complexity index is 986. The summed E-state index contributed by atoms with van der Waals surface area (Å²) >= 11 is 0. The van der Waals surface area contributed by atoms with Crippen LogP contribution in [0.1, 0.15) is 22.5 Å². The van der Waals surface area contributed by atoms with Crippen molar-refractivity contribution < 1.29 is 9.90 Å². The minimum absolute atomic E-state index is 0.167. The normalized spacial score (nSPS) is 19.8. The molecule has 2 atom stereocenters. The number of hydrogen-bond donors (Lipinski definition) is 3. The van der Waals surface area contributed by atoms with E-state index in [0.717, 1.165) is 34.3 Å². The molecule has 0 saturated carbocycles. The van der Waals surface area contributed by atoms with E-state index in [1.807, 2.05) is 55.5 Å². The summed E-state index contributed by atoms with van der Waals surface area (Å²) in [6.45, 7) is 3.34. The molecule has 0 radical (unpaired) electrons. The molecule has 1 aliphatic rings. The van der Waals surface area contributed by atoms with Gasteiger partial charge < -0.3 is 15.7 Å². The minimum Gasteiger partial charge on any atom is -0.391 e. The largest absolute Gasteiger partial charge is 0.391 e. The van der Waals surface area contributed by atoms with Crippen molar-refractivity contribution in [3.8, 4) is 11.1 Å². The number of nitrogens with zero attached hydrogens (tertiary/aromatic N) is 1. The van der Waals surface area contributed by atoms with Crippen LogP contribution in [0.3, 0.4) is 0 Å². The van der Waals surface area contributed by atoms with E-state index in [1.54, 1.807) is 6.07 Å². The SMILES string of the molecule is Cc1cc(-c2cccc(C(=O)N[C@@H]3CNCC[C@H]3O)c2)c2ccccc2n1. The van der Waals surface area contributed by atoms with Gasteiger partial charge in [-0.1, -0.05) is 30.3 Å². The van der Waals surface area contributed by atoms with Crippen LogP contribution in [0.15, 0.2) is 54.6 Å². The molecule has 3 N–H and O–H groups in total. The first-order valence-corrected chi connectivity index (χ1v) is 9.28. The molecule has 27 heavy (non-hydrogen) atoms. The fourth-order valence-corrected chi connectivity index (χ4v) is 3.62.